The van der Waals surface area contributed by atoms with Gasteiger partial charge in [-0.1, -0.05) is 29.8 Å². The maximum atomic E-state index is 13.2. The predicted molar refractivity (Wildman–Crippen MR) is 123 cm³/mol. The molecule has 0 saturated carbocycles. The summed E-state index contributed by atoms with van der Waals surface area (Å²) in [6.07, 6.45) is 2.43. The molecule has 0 amide bonds. The van der Waals surface area contributed by atoms with Crippen LogP contribution in [0.25, 0.3) is 10.9 Å². The SMILES string of the molecule is CC[C@H](C)c1nc2ccc(Br)cc2c(=O)n1N=Cc1cc(Br)c(OC)cc1OC. The van der Waals surface area contributed by atoms with Crippen molar-refractivity contribution < 1.29 is 9.47 Å². The Kier molecular flexibility index (Phi) is 6.74. The summed E-state index contributed by atoms with van der Waals surface area (Å²) in [4.78, 5) is 17.9. The van der Waals surface area contributed by atoms with Gasteiger partial charge in [-0.3, -0.25) is 4.79 Å². The van der Waals surface area contributed by atoms with Crippen molar-refractivity contribution in [3.63, 3.8) is 0 Å². The van der Waals surface area contributed by atoms with E-state index in [-0.39, 0.29) is 11.5 Å². The molecular weight excluding hydrogens is 502 g/mol. The highest BCUT2D eigenvalue weighted by Gasteiger charge is 2.16. The van der Waals surface area contributed by atoms with Crippen LogP contribution in [0.2, 0.25) is 0 Å². The van der Waals surface area contributed by atoms with Gasteiger partial charge in [0.15, 0.2) is 0 Å². The van der Waals surface area contributed by atoms with Crippen LogP contribution in [0.4, 0.5) is 0 Å². The number of aromatic nitrogens is 2. The first-order valence-electron chi connectivity index (χ1n) is 9.07. The molecule has 3 rings (SSSR count). The van der Waals surface area contributed by atoms with Crippen molar-refractivity contribution in [1.82, 2.24) is 9.66 Å². The van der Waals surface area contributed by atoms with E-state index in [2.05, 4.69) is 43.9 Å². The quantitative estimate of drug-likeness (QED) is 0.410. The molecule has 0 N–H and O–H groups in total. The van der Waals surface area contributed by atoms with Gasteiger partial charge < -0.3 is 9.47 Å². The largest absolute Gasteiger partial charge is 0.496 e. The highest BCUT2D eigenvalue weighted by Crippen LogP contribution is 2.32. The summed E-state index contributed by atoms with van der Waals surface area (Å²) >= 11 is 6.89. The van der Waals surface area contributed by atoms with Gasteiger partial charge in [-0.15, -0.1) is 0 Å². The summed E-state index contributed by atoms with van der Waals surface area (Å²) in [5, 5.41) is 5.00. The number of hydrogen-bond acceptors (Lipinski definition) is 5. The second-order valence-electron chi connectivity index (χ2n) is 6.53. The van der Waals surface area contributed by atoms with Crippen molar-refractivity contribution in [1.29, 1.82) is 0 Å². The first kappa shape index (κ1) is 21.5. The third kappa shape index (κ3) is 4.38. The minimum absolute atomic E-state index is 0.0670. The second-order valence-corrected chi connectivity index (χ2v) is 8.30. The molecule has 29 heavy (non-hydrogen) atoms. The molecule has 152 valence electrons. The van der Waals surface area contributed by atoms with Gasteiger partial charge in [0.1, 0.15) is 17.3 Å². The zero-order valence-corrected chi connectivity index (χ0v) is 19.7. The Labute approximate surface area is 185 Å². The van der Waals surface area contributed by atoms with E-state index in [9.17, 15) is 4.79 Å². The van der Waals surface area contributed by atoms with E-state index < -0.39 is 0 Å². The number of nitrogens with zero attached hydrogens (tertiary/aromatic N) is 3. The van der Waals surface area contributed by atoms with Crippen molar-refractivity contribution in [2.45, 2.75) is 26.2 Å². The van der Waals surface area contributed by atoms with Crippen molar-refractivity contribution >= 4 is 49.0 Å². The molecule has 1 heterocycles. The van der Waals surface area contributed by atoms with Gasteiger partial charge in [-0.2, -0.15) is 9.78 Å². The Hall–Kier alpha value is -2.19. The molecular formula is C21H21Br2N3O3. The molecule has 3 aromatic rings. The maximum absolute atomic E-state index is 13.2. The predicted octanol–water partition coefficient (Wildman–Crippen LogP) is 5.33. The number of rotatable bonds is 6. The summed E-state index contributed by atoms with van der Waals surface area (Å²) in [6.45, 7) is 4.09. The van der Waals surface area contributed by atoms with Crippen molar-refractivity contribution in [3.05, 3.63) is 61.0 Å². The van der Waals surface area contributed by atoms with E-state index in [0.29, 0.717) is 33.8 Å². The first-order chi connectivity index (χ1) is 13.9. The van der Waals surface area contributed by atoms with Gasteiger partial charge in [-0.25, -0.2) is 4.98 Å². The molecule has 0 unspecified atom stereocenters. The smallest absolute Gasteiger partial charge is 0.282 e. The van der Waals surface area contributed by atoms with E-state index >= 15 is 0 Å². The van der Waals surface area contributed by atoms with Crippen LogP contribution in [0.3, 0.4) is 0 Å². The molecule has 0 fully saturated rings. The maximum Gasteiger partial charge on any atom is 0.282 e. The third-order valence-corrected chi connectivity index (χ3v) is 5.82. The Morgan fingerprint density at radius 1 is 1.17 bits per heavy atom. The minimum atomic E-state index is -0.214. The normalized spacial score (nSPS) is 12.5. The van der Waals surface area contributed by atoms with Gasteiger partial charge in [-0.05, 0) is 46.6 Å². The Morgan fingerprint density at radius 3 is 2.55 bits per heavy atom. The molecule has 0 spiro atoms. The van der Waals surface area contributed by atoms with Crippen LogP contribution < -0.4 is 15.0 Å². The van der Waals surface area contributed by atoms with E-state index in [1.165, 1.54) is 4.68 Å². The molecule has 0 aliphatic carbocycles. The van der Waals surface area contributed by atoms with E-state index in [1.54, 1.807) is 32.6 Å². The number of benzene rings is 2. The van der Waals surface area contributed by atoms with Gasteiger partial charge in [0.05, 0.1) is 35.8 Å². The minimum Gasteiger partial charge on any atom is -0.496 e. The van der Waals surface area contributed by atoms with Gasteiger partial charge in [0, 0.05) is 22.0 Å². The molecule has 6 nitrogen and oxygen atoms in total. The number of halogens is 2. The number of ether oxygens (including phenoxy) is 2. The number of fused-ring (bicyclic) bond motifs is 1. The standard InChI is InChI=1S/C21H21Br2N3O3/c1-5-12(2)20-25-17-7-6-14(22)9-15(17)21(27)26(20)24-11-13-8-16(23)19(29-4)10-18(13)28-3/h6-12H,5H2,1-4H3/t12-/m0/s1. The Balaban J connectivity index is 2.20. The zero-order chi connectivity index (χ0) is 21.1. The monoisotopic (exact) mass is 521 g/mol. The van der Waals surface area contributed by atoms with E-state index in [0.717, 1.165) is 15.4 Å². The molecule has 0 aliphatic heterocycles. The Morgan fingerprint density at radius 2 is 1.90 bits per heavy atom. The fraction of sp³-hybridized carbons (Fsp3) is 0.286. The molecule has 2 aromatic carbocycles. The van der Waals surface area contributed by atoms with Crippen molar-refractivity contribution in [2.24, 2.45) is 5.10 Å². The van der Waals surface area contributed by atoms with Crippen LogP contribution in [0.5, 0.6) is 11.5 Å². The summed E-state index contributed by atoms with van der Waals surface area (Å²) in [7, 11) is 3.16. The summed E-state index contributed by atoms with van der Waals surface area (Å²) in [5.41, 5.74) is 1.15. The van der Waals surface area contributed by atoms with Gasteiger partial charge >= 0.3 is 0 Å². The second kappa shape index (κ2) is 9.09. The highest BCUT2D eigenvalue weighted by molar-refractivity contribution is 9.10. The third-order valence-electron chi connectivity index (χ3n) is 4.70. The van der Waals surface area contributed by atoms with Gasteiger partial charge in [0.25, 0.3) is 5.56 Å². The van der Waals surface area contributed by atoms with Crippen LogP contribution in [0.1, 0.15) is 37.6 Å². The van der Waals surface area contributed by atoms with E-state index in [4.69, 9.17) is 14.5 Å². The molecule has 1 atom stereocenters. The fourth-order valence-electron chi connectivity index (χ4n) is 2.88. The summed E-state index contributed by atoms with van der Waals surface area (Å²) in [6, 6.07) is 9.08. The molecule has 0 radical (unpaired) electrons. The van der Waals surface area contributed by atoms with Crippen LogP contribution in [0, 0.1) is 0 Å². The van der Waals surface area contributed by atoms with Crippen molar-refractivity contribution in [2.75, 3.05) is 14.2 Å². The lowest BCUT2D eigenvalue weighted by molar-refractivity contribution is 0.392. The van der Waals surface area contributed by atoms with Crippen LogP contribution in [-0.4, -0.2) is 30.1 Å². The Bertz CT molecular complexity index is 1140. The fourth-order valence-corrected chi connectivity index (χ4v) is 3.77. The molecule has 0 bridgehead atoms. The lowest BCUT2D eigenvalue weighted by Gasteiger charge is -2.14. The number of hydrogen-bond donors (Lipinski definition) is 0. The summed E-state index contributed by atoms with van der Waals surface area (Å²) < 4.78 is 13.7. The molecule has 8 heteroatoms. The molecule has 1 aromatic heterocycles. The molecule has 0 saturated heterocycles. The van der Waals surface area contributed by atoms with E-state index in [1.807, 2.05) is 25.1 Å². The molecule has 0 aliphatic rings. The van der Waals surface area contributed by atoms with Crippen molar-refractivity contribution in [3.8, 4) is 11.5 Å². The van der Waals surface area contributed by atoms with Crippen LogP contribution >= 0.6 is 31.9 Å². The lowest BCUT2D eigenvalue weighted by Crippen LogP contribution is -2.23. The average Bonchev–Trinajstić information content (AvgIpc) is 2.72. The average molecular weight is 523 g/mol. The lowest BCUT2D eigenvalue weighted by atomic mass is 10.1. The zero-order valence-electron chi connectivity index (χ0n) is 16.6. The number of methoxy groups -OCH3 is 2. The highest BCUT2D eigenvalue weighted by atomic mass is 79.9. The topological polar surface area (TPSA) is 65.7 Å². The summed E-state index contributed by atoms with van der Waals surface area (Å²) in [5.74, 6) is 1.92. The van der Waals surface area contributed by atoms with Crippen LogP contribution in [-0.2, 0) is 0 Å². The first-order valence-corrected chi connectivity index (χ1v) is 10.7. The van der Waals surface area contributed by atoms with Crippen LogP contribution in [0.15, 0.2) is 49.2 Å². The van der Waals surface area contributed by atoms with Gasteiger partial charge in [0.2, 0.25) is 0 Å².